The molecule has 2 aliphatic heterocycles. The molecule has 5 heterocycles. The summed E-state index contributed by atoms with van der Waals surface area (Å²) in [6.45, 7) is 4.73. The van der Waals surface area contributed by atoms with E-state index in [-0.39, 0.29) is 5.56 Å². The van der Waals surface area contributed by atoms with Crippen molar-refractivity contribution in [3.63, 3.8) is 0 Å². The first-order valence-corrected chi connectivity index (χ1v) is 9.47. The van der Waals surface area contributed by atoms with E-state index in [4.69, 9.17) is 0 Å². The van der Waals surface area contributed by atoms with Gasteiger partial charge in [0.25, 0.3) is 5.56 Å². The fourth-order valence-corrected chi connectivity index (χ4v) is 4.52. The Morgan fingerprint density at radius 2 is 1.93 bits per heavy atom. The molecule has 1 fully saturated rings. The SMILES string of the molecule is O=c1cc(-c2ccccn2)cc2n1C[C@H]1C[C@@H]2CN(CCn2cnnc2)C1. The summed E-state index contributed by atoms with van der Waals surface area (Å²) in [5.41, 5.74) is 3.04. The van der Waals surface area contributed by atoms with E-state index in [1.807, 2.05) is 27.3 Å². The van der Waals surface area contributed by atoms with Crippen molar-refractivity contribution in [2.24, 2.45) is 5.92 Å². The highest BCUT2D eigenvalue weighted by Gasteiger charge is 2.34. The van der Waals surface area contributed by atoms with Crippen molar-refractivity contribution in [3.05, 3.63) is 65.2 Å². The molecule has 3 aromatic heterocycles. The molecule has 7 nitrogen and oxygen atoms in total. The summed E-state index contributed by atoms with van der Waals surface area (Å²) in [4.78, 5) is 19.7. The van der Waals surface area contributed by atoms with Crippen LogP contribution in [0.1, 0.15) is 18.0 Å². The minimum atomic E-state index is 0.0980. The van der Waals surface area contributed by atoms with Crippen molar-refractivity contribution >= 4 is 0 Å². The molecule has 0 radical (unpaired) electrons. The van der Waals surface area contributed by atoms with Gasteiger partial charge in [-0.1, -0.05) is 6.07 Å². The van der Waals surface area contributed by atoms with E-state index in [0.29, 0.717) is 11.8 Å². The monoisotopic (exact) mass is 362 g/mol. The maximum Gasteiger partial charge on any atom is 0.251 e. The van der Waals surface area contributed by atoms with Gasteiger partial charge in [0, 0.05) is 62.2 Å². The van der Waals surface area contributed by atoms with Crippen molar-refractivity contribution in [1.82, 2.24) is 29.2 Å². The Hall–Kier alpha value is -2.80. The number of nitrogens with zero attached hydrogens (tertiary/aromatic N) is 6. The molecule has 0 amide bonds. The van der Waals surface area contributed by atoms with Crippen molar-refractivity contribution in [2.75, 3.05) is 19.6 Å². The maximum atomic E-state index is 12.8. The minimum Gasteiger partial charge on any atom is -0.319 e. The average molecular weight is 362 g/mol. The molecule has 0 unspecified atom stereocenters. The molecular weight excluding hydrogens is 340 g/mol. The van der Waals surface area contributed by atoms with E-state index in [9.17, 15) is 4.79 Å². The molecule has 0 N–H and O–H groups in total. The zero-order valence-corrected chi connectivity index (χ0v) is 15.1. The third-order valence-electron chi connectivity index (χ3n) is 5.73. The first-order valence-electron chi connectivity index (χ1n) is 9.47. The van der Waals surface area contributed by atoms with Crippen LogP contribution in [0.15, 0.2) is 54.0 Å². The quantitative estimate of drug-likeness (QED) is 0.705. The largest absolute Gasteiger partial charge is 0.319 e. The van der Waals surface area contributed by atoms with E-state index in [1.54, 1.807) is 24.9 Å². The molecular formula is C20H22N6O. The molecule has 0 saturated carbocycles. The van der Waals surface area contributed by atoms with Crippen LogP contribution in [0.2, 0.25) is 0 Å². The molecule has 3 aromatic rings. The first kappa shape index (κ1) is 16.4. The highest BCUT2D eigenvalue weighted by atomic mass is 16.1. The van der Waals surface area contributed by atoms with Gasteiger partial charge in [0.15, 0.2) is 0 Å². The van der Waals surface area contributed by atoms with Crippen molar-refractivity contribution in [1.29, 1.82) is 0 Å². The number of rotatable bonds is 4. The van der Waals surface area contributed by atoms with Crippen LogP contribution in [0.5, 0.6) is 0 Å². The van der Waals surface area contributed by atoms with E-state index < -0.39 is 0 Å². The Labute approximate surface area is 157 Å². The maximum absolute atomic E-state index is 12.8. The zero-order chi connectivity index (χ0) is 18.2. The van der Waals surface area contributed by atoms with Gasteiger partial charge >= 0.3 is 0 Å². The summed E-state index contributed by atoms with van der Waals surface area (Å²) in [6.07, 6.45) is 6.46. The number of hydrogen-bond acceptors (Lipinski definition) is 5. The summed E-state index contributed by atoms with van der Waals surface area (Å²) < 4.78 is 4.00. The zero-order valence-electron chi connectivity index (χ0n) is 15.1. The third kappa shape index (κ3) is 3.19. The number of pyridine rings is 2. The molecule has 27 heavy (non-hydrogen) atoms. The van der Waals surface area contributed by atoms with Crippen LogP contribution in [0.25, 0.3) is 11.3 Å². The minimum absolute atomic E-state index is 0.0980. The summed E-state index contributed by atoms with van der Waals surface area (Å²) in [7, 11) is 0. The lowest BCUT2D eigenvalue weighted by molar-refractivity contribution is 0.117. The number of likely N-dealkylation sites (tertiary alicyclic amines) is 1. The molecule has 2 aliphatic rings. The summed E-state index contributed by atoms with van der Waals surface area (Å²) in [6, 6.07) is 9.73. The molecule has 2 atom stereocenters. The Bertz CT molecular complexity index is 981. The number of hydrogen-bond donors (Lipinski definition) is 0. The summed E-state index contributed by atoms with van der Waals surface area (Å²) >= 11 is 0. The lowest BCUT2D eigenvalue weighted by Crippen LogP contribution is -2.47. The van der Waals surface area contributed by atoms with Crippen LogP contribution >= 0.6 is 0 Å². The van der Waals surface area contributed by atoms with Gasteiger partial charge in [-0.05, 0) is 30.5 Å². The Balaban J connectivity index is 1.41. The van der Waals surface area contributed by atoms with Gasteiger partial charge in [-0.3, -0.25) is 9.78 Å². The average Bonchev–Trinajstić information content (AvgIpc) is 3.21. The van der Waals surface area contributed by atoms with Crippen molar-refractivity contribution < 1.29 is 0 Å². The van der Waals surface area contributed by atoms with Crippen molar-refractivity contribution in [3.8, 4) is 11.3 Å². The molecule has 0 spiro atoms. The molecule has 0 aromatic carbocycles. The van der Waals surface area contributed by atoms with Crippen LogP contribution < -0.4 is 5.56 Å². The van der Waals surface area contributed by atoms with E-state index in [1.165, 1.54) is 0 Å². The normalized spacial score (nSPS) is 21.8. The summed E-state index contributed by atoms with van der Waals surface area (Å²) in [5.74, 6) is 0.935. The molecule has 138 valence electrons. The van der Waals surface area contributed by atoms with Gasteiger partial charge in [-0.15, -0.1) is 10.2 Å². The van der Waals surface area contributed by atoms with Gasteiger partial charge in [0.2, 0.25) is 0 Å². The Morgan fingerprint density at radius 1 is 1.04 bits per heavy atom. The van der Waals surface area contributed by atoms with E-state index >= 15 is 0 Å². The lowest BCUT2D eigenvalue weighted by Gasteiger charge is -2.43. The van der Waals surface area contributed by atoms with Crippen LogP contribution in [0, 0.1) is 5.92 Å². The predicted molar refractivity (Wildman–Crippen MR) is 101 cm³/mol. The fourth-order valence-electron chi connectivity index (χ4n) is 4.52. The van der Waals surface area contributed by atoms with Gasteiger partial charge in [-0.2, -0.15) is 0 Å². The fraction of sp³-hybridized carbons (Fsp3) is 0.400. The van der Waals surface area contributed by atoms with Crippen LogP contribution in [0.4, 0.5) is 0 Å². The topological polar surface area (TPSA) is 68.8 Å². The van der Waals surface area contributed by atoms with Gasteiger partial charge in [0.1, 0.15) is 12.7 Å². The molecule has 2 bridgehead atoms. The van der Waals surface area contributed by atoms with Gasteiger partial charge in [0.05, 0.1) is 5.69 Å². The Morgan fingerprint density at radius 3 is 2.74 bits per heavy atom. The van der Waals surface area contributed by atoms with Crippen molar-refractivity contribution in [2.45, 2.75) is 25.4 Å². The number of piperidine rings is 1. The second kappa shape index (κ2) is 6.74. The van der Waals surface area contributed by atoms with Gasteiger partial charge in [-0.25, -0.2) is 0 Å². The van der Waals surface area contributed by atoms with Crippen LogP contribution in [-0.4, -0.2) is 48.8 Å². The lowest BCUT2D eigenvalue weighted by atomic mass is 9.82. The predicted octanol–water partition coefficient (Wildman–Crippen LogP) is 1.62. The number of fused-ring (bicyclic) bond motifs is 4. The van der Waals surface area contributed by atoms with Crippen LogP contribution in [-0.2, 0) is 13.1 Å². The molecule has 7 heteroatoms. The van der Waals surface area contributed by atoms with Gasteiger partial charge < -0.3 is 14.0 Å². The third-order valence-corrected chi connectivity index (χ3v) is 5.73. The highest BCUT2D eigenvalue weighted by Crippen LogP contribution is 2.36. The summed E-state index contributed by atoms with van der Waals surface area (Å²) in [5, 5.41) is 7.74. The molecule has 1 saturated heterocycles. The number of aromatic nitrogens is 5. The molecule has 0 aliphatic carbocycles. The van der Waals surface area contributed by atoms with E-state index in [2.05, 4.69) is 26.1 Å². The van der Waals surface area contributed by atoms with Crippen LogP contribution in [0.3, 0.4) is 0 Å². The first-order chi connectivity index (χ1) is 13.3. The second-order valence-corrected chi connectivity index (χ2v) is 7.59. The highest BCUT2D eigenvalue weighted by molar-refractivity contribution is 5.59. The second-order valence-electron chi connectivity index (χ2n) is 7.59. The smallest absolute Gasteiger partial charge is 0.251 e. The Kier molecular flexibility index (Phi) is 4.09. The molecule has 5 rings (SSSR count). The van der Waals surface area contributed by atoms with E-state index in [0.717, 1.165) is 56.1 Å². The standard InChI is InChI=1S/C20H22N6O/c27-20-9-16(18-3-1-2-4-21-18)8-19-17-7-15(11-26(19)20)10-24(12-17)5-6-25-13-22-23-14-25/h1-4,8-9,13-15,17H,5-7,10-12H2/t15-,17+/m0/s1.